The van der Waals surface area contributed by atoms with Crippen molar-refractivity contribution in [3.05, 3.63) is 12.7 Å². The van der Waals surface area contributed by atoms with Crippen molar-refractivity contribution in [3.63, 3.8) is 0 Å². The maximum absolute atomic E-state index is 10.1. The van der Waals surface area contributed by atoms with Gasteiger partial charge in [0.2, 0.25) is 0 Å². The molecular weight excluding hydrogens is 92.1 g/mol. The summed E-state index contributed by atoms with van der Waals surface area (Å²) >= 11 is 0. The normalized spacial score (nSPS) is 7.43. The summed E-state index contributed by atoms with van der Waals surface area (Å²) in [5.74, 6) is -0.352. The van der Waals surface area contributed by atoms with Crippen LogP contribution in [0.15, 0.2) is 12.7 Å². The van der Waals surface area contributed by atoms with E-state index in [9.17, 15) is 4.79 Å². The maximum Gasteiger partial charge on any atom is 0.582 e. The molecule has 0 amide bonds. The van der Waals surface area contributed by atoms with E-state index < -0.39 is 0 Å². The summed E-state index contributed by atoms with van der Waals surface area (Å²) in [7, 11) is 0. The van der Waals surface area contributed by atoms with Gasteiger partial charge in [0.15, 0.2) is 6.79 Å². The molecule has 0 aliphatic carbocycles. The molecule has 2 nitrogen and oxygen atoms in total. The average molecular weight is 99.1 g/mol. The molecule has 0 aromatic heterocycles. The Labute approximate surface area is 42.2 Å². The van der Waals surface area contributed by atoms with Gasteiger partial charge >= 0.3 is 5.97 Å². The fourth-order valence-electron chi connectivity index (χ4n) is 0.177. The van der Waals surface area contributed by atoms with Crippen molar-refractivity contribution in [2.45, 2.75) is 6.42 Å². The van der Waals surface area contributed by atoms with Crippen LogP contribution in [0.5, 0.6) is 0 Å². The molecule has 0 fully saturated rings. The van der Waals surface area contributed by atoms with E-state index in [0.29, 0.717) is 0 Å². The molecule has 0 spiro atoms. The Bertz CT molecular complexity index is 94.3. The minimum absolute atomic E-state index is 0.240. The van der Waals surface area contributed by atoms with Gasteiger partial charge in [0.25, 0.3) is 0 Å². The fraction of sp³-hybridized carbons (Fsp3) is 0.200. The number of rotatable bonds is 2. The molecule has 0 rings (SSSR count). The van der Waals surface area contributed by atoms with Crippen LogP contribution in [-0.2, 0) is 9.22 Å². The third-order valence-electron chi connectivity index (χ3n) is 0.472. The van der Waals surface area contributed by atoms with E-state index in [1.54, 1.807) is 0 Å². The van der Waals surface area contributed by atoms with Gasteiger partial charge in [0.1, 0.15) is 6.42 Å². The lowest BCUT2D eigenvalue weighted by molar-refractivity contribution is -0.367. The van der Waals surface area contributed by atoms with Gasteiger partial charge in [-0.05, 0) is 0 Å². The summed E-state index contributed by atoms with van der Waals surface area (Å²) in [4.78, 5) is 10.1. The van der Waals surface area contributed by atoms with Gasteiger partial charge in [0, 0.05) is 4.79 Å². The van der Waals surface area contributed by atoms with Crippen molar-refractivity contribution >= 4 is 12.8 Å². The highest BCUT2D eigenvalue weighted by molar-refractivity contribution is 5.68. The van der Waals surface area contributed by atoms with Crippen LogP contribution in [0.4, 0.5) is 0 Å². The Morgan fingerprint density at radius 1 is 1.86 bits per heavy atom. The van der Waals surface area contributed by atoms with E-state index in [4.69, 9.17) is 0 Å². The second-order valence-electron chi connectivity index (χ2n) is 1.01. The molecule has 0 radical (unpaired) electrons. The van der Waals surface area contributed by atoms with Crippen LogP contribution >= 0.6 is 0 Å². The molecule has 0 aromatic carbocycles. The quantitative estimate of drug-likeness (QED) is 0.365. The SMILES string of the molecule is C=CCC(=O)[O+]=C. The first-order valence-corrected chi connectivity index (χ1v) is 1.87. The summed E-state index contributed by atoms with van der Waals surface area (Å²) in [5, 5.41) is 0. The van der Waals surface area contributed by atoms with Gasteiger partial charge in [-0.1, -0.05) is 6.08 Å². The van der Waals surface area contributed by atoms with Crippen LogP contribution in [0.1, 0.15) is 6.42 Å². The second kappa shape index (κ2) is 3.28. The molecule has 0 heterocycles. The van der Waals surface area contributed by atoms with Gasteiger partial charge in [-0.25, -0.2) is 0 Å². The molecule has 0 saturated carbocycles. The van der Waals surface area contributed by atoms with Crippen molar-refractivity contribution in [3.8, 4) is 0 Å². The largest absolute Gasteiger partial charge is 0.582 e. The summed E-state index contributed by atoms with van der Waals surface area (Å²) in [6, 6.07) is 0. The van der Waals surface area contributed by atoms with Crippen molar-refractivity contribution in [1.82, 2.24) is 0 Å². The van der Waals surface area contributed by atoms with Gasteiger partial charge in [-0.2, -0.15) is 0 Å². The highest BCUT2D eigenvalue weighted by Crippen LogP contribution is 1.77. The molecule has 0 aliphatic heterocycles. The van der Waals surface area contributed by atoms with Gasteiger partial charge in [-0.3, -0.25) is 4.42 Å². The van der Waals surface area contributed by atoms with E-state index in [2.05, 4.69) is 17.8 Å². The Morgan fingerprint density at radius 3 is 2.57 bits per heavy atom. The van der Waals surface area contributed by atoms with Crippen molar-refractivity contribution in [2.75, 3.05) is 0 Å². The number of carbonyl (C=O) groups excluding carboxylic acids is 2. The van der Waals surface area contributed by atoms with Crippen LogP contribution in [0.2, 0.25) is 0 Å². The Hall–Kier alpha value is -0.920. The highest BCUT2D eigenvalue weighted by Gasteiger charge is 2.04. The first-order chi connectivity index (χ1) is 3.31. The van der Waals surface area contributed by atoms with E-state index in [1.165, 1.54) is 6.08 Å². The molecule has 0 saturated heterocycles. The molecule has 0 aliphatic rings. The summed E-state index contributed by atoms with van der Waals surface area (Å²) in [5.41, 5.74) is 0. The predicted molar refractivity (Wildman–Crippen MR) is 26.9 cm³/mol. The smallest absolute Gasteiger partial charge is 0.288 e. The Kier molecular flexibility index (Phi) is 2.85. The molecule has 7 heavy (non-hydrogen) atoms. The van der Waals surface area contributed by atoms with Crippen LogP contribution in [0, 0.1) is 0 Å². The van der Waals surface area contributed by atoms with Gasteiger partial charge in [-0.15, -0.1) is 6.58 Å². The van der Waals surface area contributed by atoms with Gasteiger partial charge in [0.05, 0.1) is 0 Å². The third kappa shape index (κ3) is 2.89. The number of hydrogen-bond donors (Lipinski definition) is 0. The van der Waals surface area contributed by atoms with Crippen molar-refractivity contribution < 1.29 is 9.22 Å². The minimum Gasteiger partial charge on any atom is -0.288 e. The van der Waals surface area contributed by atoms with Crippen LogP contribution in [0.25, 0.3) is 0 Å². The number of carbonyl (C=O) groups is 1. The summed E-state index contributed by atoms with van der Waals surface area (Å²) < 4.78 is 4.03. The topological polar surface area (TPSA) is 28.4 Å². The Morgan fingerprint density at radius 2 is 2.43 bits per heavy atom. The lowest BCUT2D eigenvalue weighted by atomic mass is 10.4. The zero-order valence-electron chi connectivity index (χ0n) is 4.02. The first-order valence-electron chi connectivity index (χ1n) is 1.87. The second-order valence-corrected chi connectivity index (χ2v) is 1.01. The fourth-order valence-corrected chi connectivity index (χ4v) is 0.177. The first kappa shape index (κ1) is 6.08. The maximum atomic E-state index is 10.1. The van der Waals surface area contributed by atoms with E-state index >= 15 is 0 Å². The molecular formula is C5H7O2+. The molecule has 0 atom stereocenters. The van der Waals surface area contributed by atoms with E-state index in [-0.39, 0.29) is 12.4 Å². The molecule has 38 valence electrons. The van der Waals surface area contributed by atoms with Crippen LogP contribution in [-0.4, -0.2) is 12.8 Å². The molecule has 0 unspecified atom stereocenters. The van der Waals surface area contributed by atoms with Crippen LogP contribution < -0.4 is 0 Å². The minimum atomic E-state index is -0.352. The zero-order chi connectivity index (χ0) is 5.70. The molecule has 2 heteroatoms. The van der Waals surface area contributed by atoms with E-state index in [1.807, 2.05) is 0 Å². The Balaban J connectivity index is 3.36. The van der Waals surface area contributed by atoms with E-state index in [0.717, 1.165) is 0 Å². The predicted octanol–water partition coefficient (Wildman–Crippen LogP) is 0.453. The molecule has 0 N–H and O–H groups in total. The summed E-state index contributed by atoms with van der Waals surface area (Å²) in [6.45, 7) is 6.23. The average Bonchev–Trinajstić information content (AvgIpc) is 1.68. The lowest BCUT2D eigenvalue weighted by Gasteiger charge is -1.65. The monoisotopic (exact) mass is 99.0 g/mol. The van der Waals surface area contributed by atoms with Crippen molar-refractivity contribution in [2.24, 2.45) is 0 Å². The van der Waals surface area contributed by atoms with Gasteiger partial charge < -0.3 is 0 Å². The zero-order valence-corrected chi connectivity index (χ0v) is 4.02. The lowest BCUT2D eigenvalue weighted by Crippen LogP contribution is -1.91. The summed E-state index contributed by atoms with van der Waals surface area (Å²) in [6.07, 6.45) is 1.71. The van der Waals surface area contributed by atoms with Crippen LogP contribution in [0.3, 0.4) is 0 Å². The third-order valence-corrected chi connectivity index (χ3v) is 0.472. The molecule has 0 aromatic rings. The molecule has 0 bridgehead atoms. The highest BCUT2D eigenvalue weighted by atomic mass is 16.4. The number of hydrogen-bond acceptors (Lipinski definition) is 1. The van der Waals surface area contributed by atoms with Crippen molar-refractivity contribution in [1.29, 1.82) is 0 Å². The standard InChI is InChI=1S/C5H7O2/c1-3-4-5(6)7-2/h3H,1-2,4H2/q+1.